The maximum Gasteiger partial charge on any atom is 0.253 e. The molecular formula is C20H26N4O3. The third-order valence-electron chi connectivity index (χ3n) is 5.46. The molecule has 1 saturated heterocycles. The maximum atomic E-state index is 12.7. The monoisotopic (exact) mass is 370 g/mol. The van der Waals surface area contributed by atoms with E-state index in [-0.39, 0.29) is 18.1 Å². The molecule has 4 rings (SSSR count). The lowest BCUT2D eigenvalue weighted by Crippen LogP contribution is -2.30. The highest BCUT2D eigenvalue weighted by Gasteiger charge is 2.21. The van der Waals surface area contributed by atoms with Crippen LogP contribution in [0.4, 0.5) is 5.95 Å². The molecule has 1 unspecified atom stereocenters. The zero-order chi connectivity index (χ0) is 18.6. The molecule has 1 aliphatic carbocycles. The first-order chi connectivity index (χ1) is 13.2. The summed E-state index contributed by atoms with van der Waals surface area (Å²) in [6.45, 7) is 2.10. The van der Waals surface area contributed by atoms with E-state index >= 15 is 0 Å². The number of rotatable bonds is 5. The Kier molecular flexibility index (Phi) is 5.50. The molecule has 1 saturated carbocycles. The van der Waals surface area contributed by atoms with Crippen LogP contribution in [-0.2, 0) is 4.74 Å². The molecule has 2 aromatic rings. The van der Waals surface area contributed by atoms with E-state index in [1.807, 2.05) is 12.1 Å². The molecule has 2 aliphatic rings. The smallest absolute Gasteiger partial charge is 0.253 e. The number of hydrogen-bond donors (Lipinski definition) is 3. The van der Waals surface area contributed by atoms with Crippen LogP contribution >= 0.6 is 0 Å². The van der Waals surface area contributed by atoms with Crippen LogP contribution in [0.1, 0.15) is 42.5 Å². The van der Waals surface area contributed by atoms with Crippen molar-refractivity contribution in [1.29, 1.82) is 0 Å². The van der Waals surface area contributed by atoms with Crippen LogP contribution in [0.2, 0.25) is 0 Å². The Labute approximate surface area is 158 Å². The molecule has 1 atom stereocenters. The number of aliphatic hydroxyl groups is 1. The van der Waals surface area contributed by atoms with E-state index < -0.39 is 0 Å². The van der Waals surface area contributed by atoms with E-state index in [9.17, 15) is 9.90 Å². The van der Waals surface area contributed by atoms with Crippen molar-refractivity contribution in [3.05, 3.63) is 30.0 Å². The number of anilines is 1. The van der Waals surface area contributed by atoms with Crippen molar-refractivity contribution >= 4 is 22.8 Å². The average molecular weight is 370 g/mol. The second-order valence-corrected chi connectivity index (χ2v) is 7.53. The summed E-state index contributed by atoms with van der Waals surface area (Å²) in [5, 5.41) is 16.9. The number of nitrogens with zero attached hydrogens (tertiary/aromatic N) is 2. The molecule has 2 fully saturated rings. The lowest BCUT2D eigenvalue weighted by molar-refractivity contribution is 0.0946. The van der Waals surface area contributed by atoms with Crippen LogP contribution in [-0.4, -0.2) is 52.9 Å². The molecule has 7 heteroatoms. The van der Waals surface area contributed by atoms with Gasteiger partial charge in [-0.05, 0) is 38.2 Å². The topological polar surface area (TPSA) is 96.4 Å². The van der Waals surface area contributed by atoms with Crippen molar-refractivity contribution in [3.63, 3.8) is 0 Å². The number of nitrogens with one attached hydrogen (secondary N) is 2. The summed E-state index contributed by atoms with van der Waals surface area (Å²) in [6, 6.07) is 5.83. The van der Waals surface area contributed by atoms with Crippen molar-refractivity contribution in [2.75, 3.05) is 25.1 Å². The summed E-state index contributed by atoms with van der Waals surface area (Å²) in [6.07, 6.45) is 5.93. The second kappa shape index (κ2) is 8.19. The summed E-state index contributed by atoms with van der Waals surface area (Å²) in [5.74, 6) is 0.809. The van der Waals surface area contributed by atoms with Gasteiger partial charge in [-0.2, -0.15) is 0 Å². The predicted molar refractivity (Wildman–Crippen MR) is 103 cm³/mol. The molecule has 1 amide bonds. The Hall–Kier alpha value is -2.25. The minimum atomic E-state index is -0.193. The van der Waals surface area contributed by atoms with Gasteiger partial charge in [-0.1, -0.05) is 12.1 Å². The number of ether oxygens (including phenoxy) is 1. The molecule has 144 valence electrons. The standard InChI is InChI=1S/C20H26N4O3/c25-16-6-4-15(5-7-16)23-20-22-11-14-2-1-3-17(18(14)24-20)19(26)21-10-13-8-9-27-12-13/h1-3,11,13,15-16,25H,4-10,12H2,(H,21,26)(H,22,23,24)/t13?,15-,16-. The molecule has 3 N–H and O–H groups in total. The molecule has 7 nitrogen and oxygen atoms in total. The van der Waals surface area contributed by atoms with Crippen LogP contribution in [0.25, 0.3) is 10.9 Å². The summed E-state index contributed by atoms with van der Waals surface area (Å²) >= 11 is 0. The predicted octanol–water partition coefficient (Wildman–Crippen LogP) is 2.11. The number of aromatic nitrogens is 2. The Morgan fingerprint density at radius 2 is 2.07 bits per heavy atom. The van der Waals surface area contributed by atoms with E-state index in [4.69, 9.17) is 4.74 Å². The number of carbonyl (C=O) groups is 1. The van der Waals surface area contributed by atoms with Crippen molar-refractivity contribution in [2.45, 2.75) is 44.2 Å². The van der Waals surface area contributed by atoms with E-state index in [0.29, 0.717) is 36.1 Å². The van der Waals surface area contributed by atoms with Crippen molar-refractivity contribution < 1.29 is 14.6 Å². The lowest BCUT2D eigenvalue weighted by Gasteiger charge is -2.26. The Balaban J connectivity index is 1.49. The molecule has 2 heterocycles. The molecule has 27 heavy (non-hydrogen) atoms. The van der Waals surface area contributed by atoms with Gasteiger partial charge in [-0.25, -0.2) is 9.97 Å². The molecule has 0 spiro atoms. The van der Waals surface area contributed by atoms with Gasteiger partial charge < -0.3 is 20.5 Å². The number of carbonyl (C=O) groups excluding carboxylic acids is 1. The van der Waals surface area contributed by atoms with Crippen LogP contribution in [0, 0.1) is 5.92 Å². The zero-order valence-corrected chi connectivity index (χ0v) is 15.4. The van der Waals surface area contributed by atoms with Crippen LogP contribution < -0.4 is 10.6 Å². The SMILES string of the molecule is O=C(NCC1CCOC1)c1cccc2cnc(N[C@H]3CC[C@H](O)CC3)nc12. The summed E-state index contributed by atoms with van der Waals surface area (Å²) < 4.78 is 5.36. The van der Waals surface area contributed by atoms with E-state index in [1.165, 1.54) is 0 Å². The number of amides is 1. The quantitative estimate of drug-likeness (QED) is 0.746. The van der Waals surface area contributed by atoms with E-state index in [1.54, 1.807) is 12.3 Å². The van der Waals surface area contributed by atoms with Gasteiger partial charge in [0.15, 0.2) is 0 Å². The minimum absolute atomic E-state index is 0.113. The minimum Gasteiger partial charge on any atom is -0.393 e. The number of aliphatic hydroxyl groups excluding tert-OH is 1. The molecule has 1 aromatic carbocycles. The number of fused-ring (bicyclic) bond motifs is 1. The van der Waals surface area contributed by atoms with E-state index in [2.05, 4.69) is 20.6 Å². The third-order valence-corrected chi connectivity index (χ3v) is 5.46. The van der Waals surface area contributed by atoms with Crippen LogP contribution in [0.5, 0.6) is 0 Å². The van der Waals surface area contributed by atoms with Gasteiger partial charge in [0.25, 0.3) is 5.91 Å². The fourth-order valence-electron chi connectivity index (χ4n) is 3.79. The van der Waals surface area contributed by atoms with Crippen LogP contribution in [0.15, 0.2) is 24.4 Å². The summed E-state index contributed by atoms with van der Waals surface area (Å²) in [7, 11) is 0. The largest absolute Gasteiger partial charge is 0.393 e. The Bertz CT molecular complexity index is 799. The molecule has 1 aromatic heterocycles. The van der Waals surface area contributed by atoms with E-state index in [0.717, 1.165) is 44.1 Å². The highest BCUT2D eigenvalue weighted by molar-refractivity contribution is 6.05. The second-order valence-electron chi connectivity index (χ2n) is 7.53. The number of benzene rings is 1. The Morgan fingerprint density at radius 1 is 1.22 bits per heavy atom. The first-order valence-electron chi connectivity index (χ1n) is 9.75. The average Bonchev–Trinajstić information content (AvgIpc) is 3.21. The fraction of sp³-hybridized carbons (Fsp3) is 0.550. The fourth-order valence-corrected chi connectivity index (χ4v) is 3.79. The molecule has 0 radical (unpaired) electrons. The maximum absolute atomic E-state index is 12.7. The van der Waals surface area contributed by atoms with Gasteiger partial charge in [-0.15, -0.1) is 0 Å². The van der Waals surface area contributed by atoms with Gasteiger partial charge in [0.1, 0.15) is 0 Å². The van der Waals surface area contributed by atoms with Gasteiger partial charge in [0.2, 0.25) is 5.95 Å². The number of hydrogen-bond acceptors (Lipinski definition) is 6. The normalized spacial score (nSPS) is 25.4. The van der Waals surface area contributed by atoms with Crippen molar-refractivity contribution in [3.8, 4) is 0 Å². The highest BCUT2D eigenvalue weighted by Crippen LogP contribution is 2.23. The van der Waals surface area contributed by atoms with Gasteiger partial charge >= 0.3 is 0 Å². The highest BCUT2D eigenvalue weighted by atomic mass is 16.5. The van der Waals surface area contributed by atoms with Crippen molar-refractivity contribution in [1.82, 2.24) is 15.3 Å². The third kappa shape index (κ3) is 4.36. The first-order valence-corrected chi connectivity index (χ1v) is 9.75. The zero-order valence-electron chi connectivity index (χ0n) is 15.4. The summed E-state index contributed by atoms with van der Waals surface area (Å²) in [4.78, 5) is 21.7. The van der Waals surface area contributed by atoms with Crippen LogP contribution in [0.3, 0.4) is 0 Å². The molecule has 0 bridgehead atoms. The van der Waals surface area contributed by atoms with Gasteiger partial charge in [0.05, 0.1) is 23.8 Å². The van der Waals surface area contributed by atoms with Crippen molar-refractivity contribution in [2.24, 2.45) is 5.92 Å². The Morgan fingerprint density at radius 3 is 2.85 bits per heavy atom. The van der Waals surface area contributed by atoms with Gasteiger partial charge in [-0.3, -0.25) is 4.79 Å². The lowest BCUT2D eigenvalue weighted by atomic mass is 9.93. The summed E-state index contributed by atoms with van der Waals surface area (Å²) in [5.41, 5.74) is 1.22. The molecular weight excluding hydrogens is 344 g/mol. The first kappa shape index (κ1) is 18.1. The number of para-hydroxylation sites is 1. The molecule has 1 aliphatic heterocycles. The van der Waals surface area contributed by atoms with Gasteiger partial charge in [0, 0.05) is 36.7 Å².